The highest BCUT2D eigenvalue weighted by Gasteiger charge is 2.40. The molecule has 3 rings (SSSR count). The first-order valence-corrected chi connectivity index (χ1v) is 7.59. The molecule has 1 aliphatic carbocycles. The minimum absolute atomic E-state index is 0.211. The van der Waals surface area contributed by atoms with Gasteiger partial charge >= 0.3 is 0 Å². The molecule has 1 heterocycles. The van der Waals surface area contributed by atoms with Gasteiger partial charge in [0.15, 0.2) is 0 Å². The van der Waals surface area contributed by atoms with Gasteiger partial charge in [0, 0.05) is 17.8 Å². The van der Waals surface area contributed by atoms with Crippen LogP contribution in [-0.4, -0.2) is 4.98 Å². The molecule has 0 saturated heterocycles. The molecule has 1 unspecified atom stereocenters. The smallest absolute Gasteiger partial charge is 0.0522 e. The second kappa shape index (κ2) is 5.51. The third-order valence-corrected chi connectivity index (χ3v) is 5.11. The van der Waals surface area contributed by atoms with Crippen LogP contribution in [0.1, 0.15) is 50.6 Å². The van der Waals surface area contributed by atoms with Gasteiger partial charge in [-0.3, -0.25) is 16.3 Å². The van der Waals surface area contributed by atoms with E-state index in [0.29, 0.717) is 5.41 Å². The topological polar surface area (TPSA) is 50.9 Å². The highest BCUT2D eigenvalue weighted by atomic mass is 15.2. The van der Waals surface area contributed by atoms with Gasteiger partial charge in [0.2, 0.25) is 0 Å². The number of hydrazine groups is 1. The minimum atomic E-state index is 0.211. The molecule has 0 aliphatic heterocycles. The Morgan fingerprint density at radius 1 is 1.30 bits per heavy atom. The van der Waals surface area contributed by atoms with E-state index in [1.807, 2.05) is 12.4 Å². The van der Waals surface area contributed by atoms with Crippen LogP contribution in [0, 0.1) is 5.41 Å². The summed E-state index contributed by atoms with van der Waals surface area (Å²) >= 11 is 0. The molecule has 3 nitrogen and oxygen atoms in total. The Labute approximate surface area is 120 Å². The zero-order valence-electron chi connectivity index (χ0n) is 12.1. The maximum atomic E-state index is 5.97. The molecule has 1 saturated carbocycles. The molecule has 1 aromatic heterocycles. The number of benzene rings is 1. The molecule has 1 aliphatic rings. The first-order valence-electron chi connectivity index (χ1n) is 7.59. The van der Waals surface area contributed by atoms with Crippen molar-refractivity contribution in [2.24, 2.45) is 11.3 Å². The van der Waals surface area contributed by atoms with Crippen molar-refractivity contribution in [2.75, 3.05) is 0 Å². The maximum Gasteiger partial charge on any atom is 0.0522 e. The number of rotatable bonds is 4. The number of nitrogens with one attached hydrogen (secondary N) is 1. The number of nitrogens with zero attached hydrogens (tertiary/aromatic N) is 1. The van der Waals surface area contributed by atoms with E-state index in [1.165, 1.54) is 48.4 Å². The first kappa shape index (κ1) is 13.5. The molecular formula is C17H23N3. The van der Waals surface area contributed by atoms with Gasteiger partial charge in [-0.25, -0.2) is 0 Å². The number of fused-ring (bicyclic) bond motifs is 1. The highest BCUT2D eigenvalue weighted by Crippen LogP contribution is 2.50. The van der Waals surface area contributed by atoms with Crippen LogP contribution in [0.25, 0.3) is 10.8 Å². The second-order valence-corrected chi connectivity index (χ2v) is 5.97. The van der Waals surface area contributed by atoms with Crippen molar-refractivity contribution in [3.63, 3.8) is 0 Å². The number of aromatic nitrogens is 1. The predicted molar refractivity (Wildman–Crippen MR) is 83.0 cm³/mol. The van der Waals surface area contributed by atoms with Crippen molar-refractivity contribution in [1.82, 2.24) is 10.4 Å². The van der Waals surface area contributed by atoms with Crippen molar-refractivity contribution in [3.8, 4) is 0 Å². The molecule has 2 aromatic rings. The number of nitrogens with two attached hydrogens (primary N) is 1. The monoisotopic (exact) mass is 269 g/mol. The number of pyridine rings is 1. The Morgan fingerprint density at radius 2 is 2.10 bits per heavy atom. The lowest BCUT2D eigenvalue weighted by Gasteiger charge is -2.37. The van der Waals surface area contributed by atoms with E-state index in [9.17, 15) is 0 Å². The third-order valence-electron chi connectivity index (χ3n) is 5.11. The van der Waals surface area contributed by atoms with E-state index >= 15 is 0 Å². The Kier molecular flexibility index (Phi) is 3.72. The number of hydrogen-bond donors (Lipinski definition) is 2. The fourth-order valence-electron chi connectivity index (χ4n) is 3.91. The maximum absolute atomic E-state index is 5.97. The Morgan fingerprint density at radius 3 is 2.80 bits per heavy atom. The van der Waals surface area contributed by atoms with Crippen LogP contribution >= 0.6 is 0 Å². The largest absolute Gasteiger partial charge is 0.271 e. The van der Waals surface area contributed by atoms with Gasteiger partial charge in [-0.15, -0.1) is 0 Å². The van der Waals surface area contributed by atoms with Crippen LogP contribution in [0.15, 0.2) is 36.7 Å². The predicted octanol–water partition coefficient (Wildman–Crippen LogP) is 3.71. The average Bonchev–Trinajstić information content (AvgIpc) is 2.98. The standard InChI is InChI=1S/C17H23N3/c1-2-17(9-3-4-10-17)16(20-18)14-7-5-6-13-8-11-19-12-15(13)14/h5-8,11-12,16,20H,2-4,9-10,18H2,1H3. The van der Waals surface area contributed by atoms with Crippen molar-refractivity contribution >= 4 is 10.8 Å². The summed E-state index contributed by atoms with van der Waals surface area (Å²) < 4.78 is 0. The van der Waals surface area contributed by atoms with Crippen LogP contribution in [0.3, 0.4) is 0 Å². The summed E-state index contributed by atoms with van der Waals surface area (Å²) in [5.74, 6) is 5.97. The molecule has 3 heteroatoms. The van der Waals surface area contributed by atoms with Gasteiger partial charge in [0.1, 0.15) is 0 Å². The Balaban J connectivity index is 2.12. The summed E-state index contributed by atoms with van der Waals surface area (Å²) in [5.41, 5.74) is 4.70. The van der Waals surface area contributed by atoms with Crippen LogP contribution in [-0.2, 0) is 0 Å². The molecule has 1 fully saturated rings. The molecular weight excluding hydrogens is 246 g/mol. The number of hydrogen-bond acceptors (Lipinski definition) is 3. The summed E-state index contributed by atoms with van der Waals surface area (Å²) in [6, 6.07) is 8.74. The molecule has 0 amide bonds. The zero-order chi connectivity index (χ0) is 14.0. The summed E-state index contributed by atoms with van der Waals surface area (Å²) in [5, 5.41) is 2.46. The molecule has 20 heavy (non-hydrogen) atoms. The van der Waals surface area contributed by atoms with Gasteiger partial charge < -0.3 is 0 Å². The van der Waals surface area contributed by atoms with Gasteiger partial charge in [0.05, 0.1) is 6.04 Å². The average molecular weight is 269 g/mol. The Hall–Kier alpha value is -1.45. The lowest BCUT2D eigenvalue weighted by Crippen LogP contribution is -2.40. The third kappa shape index (κ3) is 2.11. The van der Waals surface area contributed by atoms with Gasteiger partial charge in [-0.1, -0.05) is 38.0 Å². The second-order valence-electron chi connectivity index (χ2n) is 5.97. The first-order chi connectivity index (χ1) is 9.80. The quantitative estimate of drug-likeness (QED) is 0.657. The summed E-state index contributed by atoms with van der Waals surface area (Å²) in [4.78, 5) is 4.30. The van der Waals surface area contributed by atoms with Gasteiger partial charge in [-0.05, 0) is 41.7 Å². The van der Waals surface area contributed by atoms with E-state index in [2.05, 4.69) is 41.6 Å². The lowest BCUT2D eigenvalue weighted by atomic mass is 9.73. The zero-order valence-corrected chi connectivity index (χ0v) is 12.1. The SMILES string of the molecule is CCC1(C(NN)c2cccc3ccncc23)CCCC1. The van der Waals surface area contributed by atoms with Crippen LogP contribution in [0.5, 0.6) is 0 Å². The van der Waals surface area contributed by atoms with Crippen LogP contribution < -0.4 is 11.3 Å². The van der Waals surface area contributed by atoms with E-state index in [1.54, 1.807) is 0 Å². The van der Waals surface area contributed by atoms with Crippen molar-refractivity contribution in [1.29, 1.82) is 0 Å². The molecule has 0 spiro atoms. The molecule has 106 valence electrons. The van der Waals surface area contributed by atoms with Crippen LogP contribution in [0.4, 0.5) is 0 Å². The fraction of sp³-hybridized carbons (Fsp3) is 0.471. The van der Waals surface area contributed by atoms with E-state index < -0.39 is 0 Å². The lowest BCUT2D eigenvalue weighted by molar-refractivity contribution is 0.189. The molecule has 1 atom stereocenters. The highest BCUT2D eigenvalue weighted by molar-refractivity contribution is 5.85. The fourth-order valence-corrected chi connectivity index (χ4v) is 3.91. The van der Waals surface area contributed by atoms with Crippen molar-refractivity contribution < 1.29 is 0 Å². The van der Waals surface area contributed by atoms with E-state index in [4.69, 9.17) is 5.84 Å². The normalized spacial score (nSPS) is 19.3. The van der Waals surface area contributed by atoms with Crippen molar-refractivity contribution in [2.45, 2.75) is 45.1 Å². The van der Waals surface area contributed by atoms with Gasteiger partial charge in [-0.2, -0.15) is 0 Å². The summed E-state index contributed by atoms with van der Waals surface area (Å²) in [6.07, 6.45) is 10.1. The molecule has 0 bridgehead atoms. The van der Waals surface area contributed by atoms with Crippen LogP contribution in [0.2, 0.25) is 0 Å². The minimum Gasteiger partial charge on any atom is -0.271 e. The molecule has 3 N–H and O–H groups in total. The van der Waals surface area contributed by atoms with Crippen molar-refractivity contribution in [3.05, 3.63) is 42.2 Å². The molecule has 1 aromatic carbocycles. The van der Waals surface area contributed by atoms with Gasteiger partial charge in [0.25, 0.3) is 0 Å². The molecule has 0 radical (unpaired) electrons. The Bertz CT molecular complexity index is 582. The van der Waals surface area contributed by atoms with E-state index in [0.717, 1.165) is 0 Å². The van der Waals surface area contributed by atoms with E-state index in [-0.39, 0.29) is 6.04 Å². The summed E-state index contributed by atoms with van der Waals surface area (Å²) in [6.45, 7) is 2.29. The summed E-state index contributed by atoms with van der Waals surface area (Å²) in [7, 11) is 0.